The summed E-state index contributed by atoms with van der Waals surface area (Å²) in [5.74, 6) is 2.50. The summed E-state index contributed by atoms with van der Waals surface area (Å²) in [5, 5.41) is 0.490. The molecule has 4 heterocycles. The van der Waals surface area contributed by atoms with E-state index in [1.807, 2.05) is 0 Å². The van der Waals surface area contributed by atoms with Crippen LogP contribution in [0.15, 0.2) is 78.0 Å². The van der Waals surface area contributed by atoms with Crippen molar-refractivity contribution in [2.45, 2.75) is 5.67 Å². The summed E-state index contributed by atoms with van der Waals surface area (Å²) >= 11 is 6.08. The van der Waals surface area contributed by atoms with E-state index in [2.05, 4.69) is 15.9 Å². The van der Waals surface area contributed by atoms with Gasteiger partial charge in [-0.25, -0.2) is 19.3 Å². The van der Waals surface area contributed by atoms with E-state index in [1.165, 1.54) is 23.2 Å². The molecule has 0 aliphatic carbocycles. The van der Waals surface area contributed by atoms with Crippen molar-refractivity contribution in [3.8, 4) is 23.6 Å². The van der Waals surface area contributed by atoms with E-state index in [1.54, 1.807) is 73.3 Å². The molecule has 0 saturated heterocycles. The number of pyridine rings is 3. The van der Waals surface area contributed by atoms with Crippen LogP contribution in [-0.4, -0.2) is 24.1 Å². The summed E-state index contributed by atoms with van der Waals surface area (Å²) in [6.45, 7) is 0. The molecule has 0 N–H and O–H groups in total. The largest absolute Gasteiger partial charge is 0.334 e. The zero-order valence-corrected chi connectivity index (χ0v) is 19.7. The predicted molar refractivity (Wildman–Crippen MR) is 134 cm³/mol. The molecule has 0 aliphatic rings. The predicted octanol–water partition coefficient (Wildman–Crippen LogP) is 4.63. The van der Waals surface area contributed by atoms with Gasteiger partial charge >= 0.3 is 0 Å². The van der Waals surface area contributed by atoms with Gasteiger partial charge in [0, 0.05) is 36.3 Å². The Bertz CT molecular complexity index is 1680. The summed E-state index contributed by atoms with van der Waals surface area (Å²) in [6, 6.07) is 16.4. The first-order valence-corrected chi connectivity index (χ1v) is 11.1. The third-order valence-corrected chi connectivity index (χ3v) is 6.28. The highest BCUT2D eigenvalue weighted by atomic mass is 35.5. The van der Waals surface area contributed by atoms with Crippen molar-refractivity contribution in [1.29, 1.82) is 0 Å². The van der Waals surface area contributed by atoms with Gasteiger partial charge in [0.05, 0.1) is 40.6 Å². The molecule has 0 saturated carbocycles. The summed E-state index contributed by atoms with van der Waals surface area (Å²) in [4.78, 5) is 26.1. The molecule has 6 nitrogen and oxygen atoms in total. The van der Waals surface area contributed by atoms with Gasteiger partial charge in [0.25, 0.3) is 5.56 Å². The van der Waals surface area contributed by atoms with Crippen LogP contribution in [0, 0.1) is 12.3 Å². The number of alkyl halides is 1. The molecule has 1 atom stereocenters. The molecule has 0 bridgehead atoms. The van der Waals surface area contributed by atoms with Crippen LogP contribution in [0.4, 0.5) is 4.39 Å². The summed E-state index contributed by atoms with van der Waals surface area (Å²) in [5.41, 5.74) is 0.691. The number of fused-ring (bicyclic) bond motifs is 1. The van der Waals surface area contributed by atoms with E-state index in [4.69, 9.17) is 23.0 Å². The van der Waals surface area contributed by atoms with Crippen LogP contribution >= 0.6 is 11.6 Å². The lowest BCUT2D eigenvalue weighted by Crippen LogP contribution is -2.28. The zero-order chi connectivity index (χ0) is 24.7. The van der Waals surface area contributed by atoms with Crippen LogP contribution in [0.25, 0.3) is 22.3 Å². The van der Waals surface area contributed by atoms with Crippen molar-refractivity contribution in [3.63, 3.8) is 0 Å². The number of rotatable bonds is 4. The van der Waals surface area contributed by atoms with Crippen LogP contribution in [-0.2, 0) is 19.8 Å². The number of nitrogens with zero attached hydrogens (tertiary/aromatic N) is 5. The molecule has 0 fully saturated rings. The van der Waals surface area contributed by atoms with E-state index in [9.17, 15) is 4.79 Å². The number of imidazole rings is 1. The van der Waals surface area contributed by atoms with Crippen molar-refractivity contribution >= 4 is 22.6 Å². The van der Waals surface area contributed by atoms with Gasteiger partial charge in [0.1, 0.15) is 5.69 Å². The van der Waals surface area contributed by atoms with Gasteiger partial charge in [-0.05, 0) is 36.4 Å². The van der Waals surface area contributed by atoms with Gasteiger partial charge < -0.3 is 9.13 Å². The smallest absolute Gasteiger partial charge is 0.251 e. The lowest BCUT2D eigenvalue weighted by Gasteiger charge is -2.26. The Hall–Kier alpha value is -4.28. The lowest BCUT2D eigenvalue weighted by molar-refractivity contribution is 0.260. The molecule has 35 heavy (non-hydrogen) atoms. The Morgan fingerprint density at radius 1 is 1.06 bits per heavy atom. The molecule has 0 radical (unpaired) electrons. The first-order chi connectivity index (χ1) is 16.8. The Labute approximate surface area is 205 Å². The quantitative estimate of drug-likeness (QED) is 0.350. The Balaban J connectivity index is 1.84. The molecule has 0 aliphatic heterocycles. The molecule has 5 aromatic rings. The van der Waals surface area contributed by atoms with E-state index in [0.29, 0.717) is 44.3 Å². The molecular weight excluding hydrogens is 465 g/mol. The molecule has 172 valence electrons. The minimum Gasteiger partial charge on any atom is -0.334 e. The average molecular weight is 484 g/mol. The lowest BCUT2D eigenvalue weighted by atomic mass is 9.88. The number of terminal acetylenes is 1. The molecule has 0 unspecified atom stereocenters. The fourth-order valence-corrected chi connectivity index (χ4v) is 4.30. The Morgan fingerprint density at radius 3 is 2.51 bits per heavy atom. The van der Waals surface area contributed by atoms with Crippen LogP contribution in [0.5, 0.6) is 0 Å². The maximum Gasteiger partial charge on any atom is 0.251 e. The molecular formula is C27H19ClFN5O. The van der Waals surface area contributed by atoms with Gasteiger partial charge in [-0.1, -0.05) is 35.7 Å². The second-order valence-electron chi connectivity index (χ2n) is 8.13. The third-order valence-electron chi connectivity index (χ3n) is 6.03. The molecule has 1 aromatic carbocycles. The third kappa shape index (κ3) is 3.69. The maximum absolute atomic E-state index is 17.3. The van der Waals surface area contributed by atoms with Crippen molar-refractivity contribution in [1.82, 2.24) is 24.1 Å². The topological polar surface area (TPSA) is 65.6 Å². The minimum atomic E-state index is -2.15. The monoisotopic (exact) mass is 483 g/mol. The molecule has 0 amide bonds. The number of hydrogen-bond donors (Lipinski definition) is 0. The SMILES string of the molecule is C#Cc1cccc(-c2cc(=O)n(C)c3ccc([C@](F)(c4ccc(Cl)cc4)c4cncn4C)nc23)n1. The summed E-state index contributed by atoms with van der Waals surface area (Å²) < 4.78 is 20.4. The van der Waals surface area contributed by atoms with Gasteiger partial charge in [0.15, 0.2) is 0 Å². The molecule has 0 spiro atoms. The highest BCUT2D eigenvalue weighted by Gasteiger charge is 2.41. The number of benzene rings is 1. The Morgan fingerprint density at radius 2 is 1.83 bits per heavy atom. The van der Waals surface area contributed by atoms with Crippen LogP contribution in [0.1, 0.15) is 22.6 Å². The second kappa shape index (κ2) is 8.49. The van der Waals surface area contributed by atoms with Crippen LogP contribution in [0.2, 0.25) is 5.02 Å². The zero-order valence-electron chi connectivity index (χ0n) is 18.9. The van der Waals surface area contributed by atoms with Gasteiger partial charge in [-0.15, -0.1) is 6.42 Å². The maximum atomic E-state index is 17.3. The highest BCUT2D eigenvalue weighted by Crippen LogP contribution is 2.41. The fraction of sp³-hybridized carbons (Fsp3) is 0.111. The van der Waals surface area contributed by atoms with Gasteiger partial charge in [0.2, 0.25) is 5.67 Å². The van der Waals surface area contributed by atoms with E-state index in [0.717, 1.165) is 0 Å². The number of aryl methyl sites for hydroxylation is 2. The Kier molecular flexibility index (Phi) is 5.46. The highest BCUT2D eigenvalue weighted by molar-refractivity contribution is 6.30. The van der Waals surface area contributed by atoms with Gasteiger partial charge in [-0.3, -0.25) is 4.79 Å². The standard InChI is InChI=1S/C27H19ClFN5O/c1-4-19-6-5-7-21(31-19)20-14-25(35)34(3)22-12-13-23(32-26(20)22)27(29,24-15-30-16-33(24)2)17-8-10-18(28)11-9-17/h1,5-16H,2-3H3/t27-/m1/s1. The van der Waals surface area contributed by atoms with E-state index < -0.39 is 5.67 Å². The van der Waals surface area contributed by atoms with Crippen molar-refractivity contribution in [2.24, 2.45) is 14.1 Å². The summed E-state index contributed by atoms with van der Waals surface area (Å²) in [7, 11) is 3.36. The van der Waals surface area contributed by atoms with E-state index in [-0.39, 0.29) is 11.3 Å². The summed E-state index contributed by atoms with van der Waals surface area (Å²) in [6.07, 6.45) is 8.53. The fourth-order valence-electron chi connectivity index (χ4n) is 4.18. The normalized spacial score (nSPS) is 12.9. The molecule has 4 aromatic heterocycles. The molecule has 5 rings (SSSR count). The van der Waals surface area contributed by atoms with Crippen LogP contribution in [0.3, 0.4) is 0 Å². The van der Waals surface area contributed by atoms with Gasteiger partial charge in [-0.2, -0.15) is 0 Å². The average Bonchev–Trinajstić information content (AvgIpc) is 3.32. The minimum absolute atomic E-state index is 0.129. The number of hydrogen-bond acceptors (Lipinski definition) is 4. The second-order valence-corrected chi connectivity index (χ2v) is 8.56. The van der Waals surface area contributed by atoms with E-state index >= 15 is 4.39 Å². The van der Waals surface area contributed by atoms with Crippen molar-refractivity contribution in [3.05, 3.63) is 111 Å². The van der Waals surface area contributed by atoms with Crippen LogP contribution < -0.4 is 5.56 Å². The molecule has 8 heteroatoms. The van der Waals surface area contributed by atoms with Crippen molar-refractivity contribution in [2.75, 3.05) is 0 Å². The first-order valence-electron chi connectivity index (χ1n) is 10.7. The number of aromatic nitrogens is 5. The first kappa shape index (κ1) is 22.5. The van der Waals surface area contributed by atoms with Crippen molar-refractivity contribution < 1.29 is 4.39 Å². The number of halogens is 2.